The van der Waals surface area contributed by atoms with E-state index in [-0.39, 0.29) is 11.0 Å². The fraction of sp³-hybridized carbons (Fsp3) is 0.333. The summed E-state index contributed by atoms with van der Waals surface area (Å²) in [5, 5.41) is 3.10. The van der Waals surface area contributed by atoms with Gasteiger partial charge in [-0.25, -0.2) is 0 Å². The Morgan fingerprint density at radius 3 is 2.71 bits per heavy atom. The molecule has 0 radical (unpaired) electrons. The molecule has 3 N–H and O–H groups in total. The minimum Gasteiger partial charge on any atom is -0.376 e. The van der Waals surface area contributed by atoms with Crippen LogP contribution < -0.4 is 16.0 Å². The van der Waals surface area contributed by atoms with Crippen LogP contribution in [-0.2, 0) is 10.2 Å². The number of carbonyl (C=O) groups is 1. The van der Waals surface area contributed by atoms with Gasteiger partial charge in [0.25, 0.3) is 0 Å². The third-order valence-electron chi connectivity index (χ3n) is 3.14. The molecule has 2 rings (SSSR count). The zero-order valence-corrected chi connectivity index (χ0v) is 10.9. The molecule has 90 valence electrons. The second-order valence-corrected chi connectivity index (χ2v) is 5.15. The zero-order valence-electron chi connectivity index (χ0n) is 10.1. The van der Waals surface area contributed by atoms with E-state index in [0.717, 1.165) is 16.9 Å². The van der Waals surface area contributed by atoms with Crippen LogP contribution in [0.3, 0.4) is 0 Å². The molecule has 0 atom stereocenters. The normalized spacial score (nSPS) is 16.9. The van der Waals surface area contributed by atoms with Crippen molar-refractivity contribution >= 4 is 34.6 Å². The Bertz CT molecular complexity index is 510. The second kappa shape index (κ2) is 3.70. The lowest BCUT2D eigenvalue weighted by atomic mass is 9.86. The number of carbonyl (C=O) groups excluding carboxylic acids is 1. The van der Waals surface area contributed by atoms with Gasteiger partial charge >= 0.3 is 0 Å². The van der Waals surface area contributed by atoms with Crippen molar-refractivity contribution in [1.82, 2.24) is 0 Å². The maximum absolute atomic E-state index is 12.1. The molecule has 1 aromatic carbocycles. The summed E-state index contributed by atoms with van der Waals surface area (Å²) >= 11 is 4.80. The lowest BCUT2D eigenvalue weighted by molar-refractivity contribution is -0.121. The molecular weight excluding hydrogens is 234 g/mol. The van der Waals surface area contributed by atoms with E-state index in [1.807, 2.05) is 32.0 Å². The highest BCUT2D eigenvalue weighted by molar-refractivity contribution is 7.80. The van der Waals surface area contributed by atoms with E-state index in [0.29, 0.717) is 0 Å². The number of amides is 1. The summed E-state index contributed by atoms with van der Waals surface area (Å²) in [6.07, 6.45) is 0. The van der Waals surface area contributed by atoms with Gasteiger partial charge in [-0.2, -0.15) is 0 Å². The van der Waals surface area contributed by atoms with Gasteiger partial charge in [0, 0.05) is 18.4 Å². The average molecular weight is 249 g/mol. The molecule has 5 heteroatoms. The summed E-state index contributed by atoms with van der Waals surface area (Å²) in [4.78, 5) is 13.8. The number of nitrogens with two attached hydrogens (primary N) is 1. The first-order valence-electron chi connectivity index (χ1n) is 5.33. The first-order valence-corrected chi connectivity index (χ1v) is 5.74. The van der Waals surface area contributed by atoms with Crippen molar-refractivity contribution < 1.29 is 4.79 Å². The predicted molar refractivity (Wildman–Crippen MR) is 73.3 cm³/mol. The van der Waals surface area contributed by atoms with Crippen LogP contribution in [0.15, 0.2) is 18.2 Å². The van der Waals surface area contributed by atoms with E-state index in [9.17, 15) is 4.79 Å². The Labute approximate surface area is 106 Å². The predicted octanol–water partition coefficient (Wildman–Crippen LogP) is 1.60. The molecule has 0 aromatic heterocycles. The molecule has 1 aromatic rings. The van der Waals surface area contributed by atoms with E-state index in [2.05, 4.69) is 5.32 Å². The van der Waals surface area contributed by atoms with Gasteiger partial charge in [0.1, 0.15) is 0 Å². The van der Waals surface area contributed by atoms with Crippen molar-refractivity contribution in [2.45, 2.75) is 19.3 Å². The van der Waals surface area contributed by atoms with Gasteiger partial charge in [0.2, 0.25) is 5.91 Å². The number of thiocarbonyl (C=S) groups is 1. The van der Waals surface area contributed by atoms with Crippen molar-refractivity contribution in [1.29, 1.82) is 0 Å². The maximum Gasteiger partial charge on any atom is 0.236 e. The van der Waals surface area contributed by atoms with Crippen molar-refractivity contribution in [3.63, 3.8) is 0 Å². The molecule has 0 bridgehead atoms. The van der Waals surface area contributed by atoms with Crippen LogP contribution in [0.4, 0.5) is 11.4 Å². The number of hydrogen-bond donors (Lipinski definition) is 2. The minimum absolute atomic E-state index is 0.0972. The van der Waals surface area contributed by atoms with Gasteiger partial charge < -0.3 is 16.0 Å². The van der Waals surface area contributed by atoms with Gasteiger partial charge in [-0.05, 0) is 49.8 Å². The summed E-state index contributed by atoms with van der Waals surface area (Å²) in [6.45, 7) is 3.84. The number of fused-ring (bicyclic) bond motifs is 1. The maximum atomic E-state index is 12.1. The van der Waals surface area contributed by atoms with Gasteiger partial charge in [-0.3, -0.25) is 4.79 Å². The van der Waals surface area contributed by atoms with Crippen LogP contribution in [0.5, 0.6) is 0 Å². The number of anilines is 2. The number of hydrogen-bond acceptors (Lipinski definition) is 2. The van der Waals surface area contributed by atoms with Gasteiger partial charge in [0.15, 0.2) is 5.11 Å². The molecule has 1 heterocycles. The number of nitrogens with zero attached hydrogens (tertiary/aromatic N) is 1. The van der Waals surface area contributed by atoms with Crippen LogP contribution in [-0.4, -0.2) is 18.1 Å². The molecule has 1 amide bonds. The van der Waals surface area contributed by atoms with E-state index < -0.39 is 5.41 Å². The lowest BCUT2D eigenvalue weighted by Crippen LogP contribution is -2.33. The molecule has 1 aliphatic heterocycles. The molecule has 17 heavy (non-hydrogen) atoms. The first kappa shape index (κ1) is 11.9. The van der Waals surface area contributed by atoms with Gasteiger partial charge in [-0.1, -0.05) is 0 Å². The third-order valence-corrected chi connectivity index (χ3v) is 3.24. The van der Waals surface area contributed by atoms with Crippen molar-refractivity contribution in [2.75, 3.05) is 17.3 Å². The minimum atomic E-state index is -0.502. The molecule has 0 saturated heterocycles. The summed E-state index contributed by atoms with van der Waals surface area (Å²) in [5.74, 6) is 0.0972. The quantitative estimate of drug-likeness (QED) is 0.742. The average Bonchev–Trinajstić information content (AvgIpc) is 2.40. The highest BCUT2D eigenvalue weighted by atomic mass is 32.1. The fourth-order valence-corrected chi connectivity index (χ4v) is 2.31. The van der Waals surface area contributed by atoms with Crippen LogP contribution in [0.25, 0.3) is 0 Å². The van der Waals surface area contributed by atoms with Gasteiger partial charge in [0.05, 0.1) is 5.41 Å². The highest BCUT2D eigenvalue weighted by Gasteiger charge is 2.42. The van der Waals surface area contributed by atoms with Crippen LogP contribution in [0.1, 0.15) is 19.4 Å². The van der Waals surface area contributed by atoms with Crippen molar-refractivity contribution in [3.8, 4) is 0 Å². The first-order chi connectivity index (χ1) is 7.84. The van der Waals surface area contributed by atoms with Gasteiger partial charge in [-0.15, -0.1) is 0 Å². The number of benzene rings is 1. The van der Waals surface area contributed by atoms with E-state index >= 15 is 0 Å². The summed E-state index contributed by atoms with van der Waals surface area (Å²) in [6, 6.07) is 5.70. The molecule has 4 nitrogen and oxygen atoms in total. The number of likely N-dealkylation sites (N-methyl/N-ethyl adjacent to an activating group) is 1. The second-order valence-electron chi connectivity index (χ2n) is 4.71. The SMILES string of the molecule is CN1C(=O)C(C)(C)c2cc(NC(N)=S)ccc21. The summed E-state index contributed by atoms with van der Waals surface area (Å²) in [7, 11) is 1.79. The molecule has 0 saturated carbocycles. The molecule has 1 aliphatic rings. The fourth-order valence-electron chi connectivity index (χ4n) is 2.19. The smallest absolute Gasteiger partial charge is 0.236 e. The monoisotopic (exact) mass is 249 g/mol. The van der Waals surface area contributed by atoms with Crippen LogP contribution in [0.2, 0.25) is 0 Å². The van der Waals surface area contributed by atoms with E-state index in [1.54, 1.807) is 11.9 Å². The van der Waals surface area contributed by atoms with Crippen LogP contribution in [0, 0.1) is 0 Å². The molecule has 0 unspecified atom stereocenters. The standard InChI is InChI=1S/C12H15N3OS/c1-12(2)8-6-7(14-11(13)17)4-5-9(8)15(3)10(12)16/h4-6H,1-3H3,(H3,13,14,17). The van der Waals surface area contributed by atoms with Crippen molar-refractivity contribution in [2.24, 2.45) is 5.73 Å². The Balaban J connectivity index is 2.50. The number of nitrogens with one attached hydrogen (secondary N) is 1. The lowest BCUT2D eigenvalue weighted by Gasteiger charge is -2.16. The van der Waals surface area contributed by atoms with Crippen LogP contribution >= 0.6 is 12.2 Å². The third kappa shape index (κ3) is 1.76. The zero-order chi connectivity index (χ0) is 12.8. The summed E-state index contributed by atoms with van der Waals surface area (Å²) in [5.41, 5.74) is 7.68. The van der Waals surface area contributed by atoms with E-state index in [4.69, 9.17) is 18.0 Å². The Morgan fingerprint density at radius 1 is 1.47 bits per heavy atom. The highest BCUT2D eigenvalue weighted by Crippen LogP contribution is 2.41. The molecular formula is C12H15N3OS. The van der Waals surface area contributed by atoms with Crippen molar-refractivity contribution in [3.05, 3.63) is 23.8 Å². The number of rotatable bonds is 1. The molecule has 0 spiro atoms. The summed E-state index contributed by atoms with van der Waals surface area (Å²) < 4.78 is 0. The Kier molecular flexibility index (Phi) is 2.58. The Morgan fingerprint density at radius 2 is 2.12 bits per heavy atom. The Hall–Kier alpha value is -1.62. The molecule has 0 fully saturated rings. The van der Waals surface area contributed by atoms with E-state index in [1.165, 1.54) is 0 Å². The molecule has 0 aliphatic carbocycles. The topological polar surface area (TPSA) is 58.4 Å². The largest absolute Gasteiger partial charge is 0.376 e.